The van der Waals surface area contributed by atoms with Crippen LogP contribution in [-0.4, -0.2) is 52.7 Å². The minimum absolute atomic E-state index is 0.302. The maximum atomic E-state index is 5.81. The van der Waals surface area contributed by atoms with Gasteiger partial charge < -0.3 is 14.4 Å². The van der Waals surface area contributed by atoms with Crippen molar-refractivity contribution in [2.45, 2.75) is 38.8 Å². The van der Waals surface area contributed by atoms with Gasteiger partial charge in [-0.05, 0) is 31.7 Å². The maximum absolute atomic E-state index is 5.81. The van der Waals surface area contributed by atoms with Crippen LogP contribution in [0, 0.1) is 5.92 Å². The molecule has 0 N–H and O–H groups in total. The van der Waals surface area contributed by atoms with Crippen molar-refractivity contribution in [2.75, 3.05) is 37.9 Å². The predicted octanol–water partition coefficient (Wildman–Crippen LogP) is 2.24. The molecule has 4 rings (SSSR count). The monoisotopic (exact) mass is 357 g/mol. The zero-order valence-corrected chi connectivity index (χ0v) is 15.4. The Hall–Kier alpha value is -1.99. The quantitative estimate of drug-likeness (QED) is 0.790. The van der Waals surface area contributed by atoms with E-state index in [0.717, 1.165) is 58.1 Å². The van der Waals surface area contributed by atoms with Crippen LogP contribution in [0.15, 0.2) is 24.8 Å². The summed E-state index contributed by atoms with van der Waals surface area (Å²) in [5, 5.41) is 4.74. The Balaban J connectivity index is 1.57. The Morgan fingerprint density at radius 3 is 2.96 bits per heavy atom. The summed E-state index contributed by atoms with van der Waals surface area (Å²) < 4.78 is 13.5. The SMILES string of the molecule is CCOCC1CN(c2ccncn2)Cc2cnn(CC3CCOCC3)c21. The van der Waals surface area contributed by atoms with E-state index >= 15 is 0 Å². The van der Waals surface area contributed by atoms with Crippen LogP contribution in [0.25, 0.3) is 0 Å². The number of anilines is 1. The van der Waals surface area contributed by atoms with Gasteiger partial charge >= 0.3 is 0 Å². The molecule has 4 heterocycles. The van der Waals surface area contributed by atoms with Crippen LogP contribution in [-0.2, 0) is 22.6 Å². The molecule has 2 aromatic heterocycles. The number of nitrogens with zero attached hydrogens (tertiary/aromatic N) is 5. The third-order valence-corrected chi connectivity index (χ3v) is 5.33. The average Bonchev–Trinajstić information content (AvgIpc) is 3.10. The molecule has 0 bridgehead atoms. The van der Waals surface area contributed by atoms with Gasteiger partial charge in [-0.1, -0.05) is 0 Å². The lowest BCUT2D eigenvalue weighted by Crippen LogP contribution is -2.37. The van der Waals surface area contributed by atoms with Crippen molar-refractivity contribution in [2.24, 2.45) is 5.92 Å². The van der Waals surface area contributed by atoms with Gasteiger partial charge in [-0.15, -0.1) is 0 Å². The van der Waals surface area contributed by atoms with E-state index in [2.05, 4.69) is 19.5 Å². The Bertz CT molecular complexity index is 699. The van der Waals surface area contributed by atoms with Gasteiger partial charge in [0.05, 0.1) is 18.5 Å². The standard InChI is InChI=1S/C19H27N5O2/c1-2-25-13-17-12-23(18-3-6-20-14-21-18)11-16-9-22-24(19(16)17)10-15-4-7-26-8-5-15/h3,6,9,14-15,17H,2,4-5,7-8,10-13H2,1H3. The molecule has 1 atom stereocenters. The molecule has 7 nitrogen and oxygen atoms in total. The molecule has 1 saturated heterocycles. The lowest BCUT2D eigenvalue weighted by Gasteiger charge is -2.34. The predicted molar refractivity (Wildman–Crippen MR) is 98.1 cm³/mol. The van der Waals surface area contributed by atoms with Gasteiger partial charge in [0.1, 0.15) is 12.1 Å². The number of hydrogen-bond donors (Lipinski definition) is 0. The maximum Gasteiger partial charge on any atom is 0.132 e. The van der Waals surface area contributed by atoms with Crippen LogP contribution >= 0.6 is 0 Å². The molecule has 7 heteroatoms. The highest BCUT2D eigenvalue weighted by atomic mass is 16.5. The fourth-order valence-corrected chi connectivity index (χ4v) is 4.01. The highest BCUT2D eigenvalue weighted by Crippen LogP contribution is 2.32. The fourth-order valence-electron chi connectivity index (χ4n) is 4.01. The van der Waals surface area contributed by atoms with E-state index in [1.165, 1.54) is 11.3 Å². The van der Waals surface area contributed by atoms with E-state index < -0.39 is 0 Å². The van der Waals surface area contributed by atoms with Crippen molar-refractivity contribution >= 4 is 5.82 Å². The zero-order valence-electron chi connectivity index (χ0n) is 15.4. The molecule has 0 radical (unpaired) electrons. The molecule has 140 valence electrons. The van der Waals surface area contributed by atoms with Crippen molar-refractivity contribution in [3.8, 4) is 0 Å². The van der Waals surface area contributed by atoms with Crippen molar-refractivity contribution in [1.29, 1.82) is 0 Å². The number of ether oxygens (including phenoxy) is 2. The van der Waals surface area contributed by atoms with Crippen molar-refractivity contribution in [3.05, 3.63) is 36.0 Å². The fraction of sp³-hybridized carbons (Fsp3) is 0.632. The van der Waals surface area contributed by atoms with Gasteiger partial charge in [0.25, 0.3) is 0 Å². The summed E-state index contributed by atoms with van der Waals surface area (Å²) in [6.45, 7) is 7.94. The van der Waals surface area contributed by atoms with Gasteiger partial charge in [-0.25, -0.2) is 9.97 Å². The van der Waals surface area contributed by atoms with Crippen LogP contribution < -0.4 is 4.90 Å². The smallest absolute Gasteiger partial charge is 0.132 e. The second-order valence-corrected chi connectivity index (χ2v) is 7.10. The summed E-state index contributed by atoms with van der Waals surface area (Å²) in [6, 6.07) is 1.97. The van der Waals surface area contributed by atoms with Gasteiger partial charge in [0, 0.05) is 57.1 Å². The minimum atomic E-state index is 0.302. The second kappa shape index (κ2) is 8.14. The molecule has 2 aromatic rings. The lowest BCUT2D eigenvalue weighted by atomic mass is 9.95. The zero-order chi connectivity index (χ0) is 17.8. The molecule has 1 unspecified atom stereocenters. The first-order chi connectivity index (χ1) is 12.8. The highest BCUT2D eigenvalue weighted by molar-refractivity contribution is 5.43. The average molecular weight is 357 g/mol. The van der Waals surface area contributed by atoms with Gasteiger partial charge in [-0.2, -0.15) is 5.10 Å². The van der Waals surface area contributed by atoms with Gasteiger partial charge in [0.2, 0.25) is 0 Å². The lowest BCUT2D eigenvalue weighted by molar-refractivity contribution is 0.0593. The number of fused-ring (bicyclic) bond motifs is 1. The van der Waals surface area contributed by atoms with E-state index in [1.807, 2.05) is 19.2 Å². The largest absolute Gasteiger partial charge is 0.381 e. The van der Waals surface area contributed by atoms with Crippen LogP contribution in [0.1, 0.15) is 36.9 Å². The molecule has 26 heavy (non-hydrogen) atoms. The Kier molecular flexibility index (Phi) is 5.45. The van der Waals surface area contributed by atoms with E-state index in [4.69, 9.17) is 14.6 Å². The number of hydrogen-bond acceptors (Lipinski definition) is 6. The first-order valence-corrected chi connectivity index (χ1v) is 9.56. The van der Waals surface area contributed by atoms with Crippen LogP contribution in [0.2, 0.25) is 0 Å². The van der Waals surface area contributed by atoms with Gasteiger partial charge in [-0.3, -0.25) is 4.68 Å². The molecule has 0 aliphatic carbocycles. The number of aromatic nitrogens is 4. The van der Waals surface area contributed by atoms with E-state index in [1.54, 1.807) is 12.5 Å². The normalized spacial score (nSPS) is 21.0. The van der Waals surface area contributed by atoms with E-state index in [-0.39, 0.29) is 0 Å². The molecule has 0 aromatic carbocycles. The summed E-state index contributed by atoms with van der Waals surface area (Å²) in [6.07, 6.45) is 7.68. The summed E-state index contributed by atoms with van der Waals surface area (Å²) in [5.41, 5.74) is 2.63. The Labute approximate surface area is 154 Å². The first kappa shape index (κ1) is 17.4. The third kappa shape index (κ3) is 3.73. The third-order valence-electron chi connectivity index (χ3n) is 5.33. The molecular formula is C19H27N5O2. The van der Waals surface area contributed by atoms with E-state index in [9.17, 15) is 0 Å². The first-order valence-electron chi connectivity index (χ1n) is 9.56. The van der Waals surface area contributed by atoms with Crippen LogP contribution in [0.5, 0.6) is 0 Å². The molecular weight excluding hydrogens is 330 g/mol. The van der Waals surface area contributed by atoms with Crippen molar-refractivity contribution < 1.29 is 9.47 Å². The molecule has 0 saturated carbocycles. The topological polar surface area (TPSA) is 65.3 Å². The number of rotatable bonds is 6. The summed E-state index contributed by atoms with van der Waals surface area (Å²) in [5.74, 6) is 1.92. The van der Waals surface area contributed by atoms with Crippen molar-refractivity contribution in [1.82, 2.24) is 19.7 Å². The Morgan fingerprint density at radius 2 is 2.19 bits per heavy atom. The van der Waals surface area contributed by atoms with E-state index in [0.29, 0.717) is 18.4 Å². The summed E-state index contributed by atoms with van der Waals surface area (Å²) in [7, 11) is 0. The van der Waals surface area contributed by atoms with Gasteiger partial charge in [0.15, 0.2) is 0 Å². The molecule has 2 aliphatic rings. The summed E-state index contributed by atoms with van der Waals surface area (Å²) in [4.78, 5) is 10.8. The van der Waals surface area contributed by atoms with Crippen LogP contribution in [0.4, 0.5) is 5.82 Å². The summed E-state index contributed by atoms with van der Waals surface area (Å²) >= 11 is 0. The molecule has 0 spiro atoms. The second-order valence-electron chi connectivity index (χ2n) is 7.10. The Morgan fingerprint density at radius 1 is 1.31 bits per heavy atom. The highest BCUT2D eigenvalue weighted by Gasteiger charge is 2.31. The van der Waals surface area contributed by atoms with Crippen LogP contribution in [0.3, 0.4) is 0 Å². The minimum Gasteiger partial charge on any atom is -0.381 e. The molecule has 1 fully saturated rings. The molecule has 2 aliphatic heterocycles. The van der Waals surface area contributed by atoms with Crippen molar-refractivity contribution in [3.63, 3.8) is 0 Å². The molecule has 0 amide bonds.